The van der Waals surface area contributed by atoms with Crippen LogP contribution in [0.25, 0.3) is 10.2 Å². The van der Waals surface area contributed by atoms with Gasteiger partial charge in [0.1, 0.15) is 0 Å². The zero-order valence-electron chi connectivity index (χ0n) is 15.8. The SMILES string of the molecule is Cc1ccc(S(=O)(=O)N2CCCCC2)cc1C(=O)Nc1nc2ccc(Cl)cc2s1. The molecule has 1 aromatic heterocycles. The van der Waals surface area contributed by atoms with Crippen molar-refractivity contribution in [3.63, 3.8) is 0 Å². The molecule has 1 saturated heterocycles. The molecule has 0 spiro atoms. The minimum atomic E-state index is -3.61. The fourth-order valence-corrected chi connectivity index (χ4v) is 6.06. The van der Waals surface area contributed by atoms with Gasteiger partial charge in [-0.3, -0.25) is 10.1 Å². The second kappa shape index (κ2) is 8.02. The molecule has 0 saturated carbocycles. The molecule has 0 bridgehead atoms. The molecule has 3 aromatic rings. The van der Waals surface area contributed by atoms with E-state index in [0.29, 0.717) is 34.4 Å². The van der Waals surface area contributed by atoms with Crippen molar-refractivity contribution < 1.29 is 13.2 Å². The van der Waals surface area contributed by atoms with Gasteiger partial charge in [0.05, 0.1) is 15.1 Å². The Morgan fingerprint density at radius 3 is 2.66 bits per heavy atom. The Balaban J connectivity index is 1.61. The average molecular weight is 450 g/mol. The topological polar surface area (TPSA) is 79.4 Å². The Hall–Kier alpha value is -2.00. The predicted octanol–water partition coefficient (Wildman–Crippen LogP) is 4.69. The molecule has 29 heavy (non-hydrogen) atoms. The fraction of sp³-hybridized carbons (Fsp3) is 0.300. The third-order valence-corrected chi connectivity index (χ3v) is 8.04. The van der Waals surface area contributed by atoms with Gasteiger partial charge in [0, 0.05) is 23.7 Å². The van der Waals surface area contributed by atoms with Crippen molar-refractivity contribution >= 4 is 54.2 Å². The summed E-state index contributed by atoms with van der Waals surface area (Å²) < 4.78 is 28.3. The number of nitrogens with one attached hydrogen (secondary N) is 1. The van der Waals surface area contributed by atoms with Gasteiger partial charge in [-0.05, 0) is 55.7 Å². The van der Waals surface area contributed by atoms with Crippen molar-refractivity contribution in [2.45, 2.75) is 31.1 Å². The molecule has 6 nitrogen and oxygen atoms in total. The number of hydrogen-bond acceptors (Lipinski definition) is 5. The molecule has 0 unspecified atom stereocenters. The van der Waals surface area contributed by atoms with Crippen LogP contribution in [-0.4, -0.2) is 36.7 Å². The van der Waals surface area contributed by atoms with E-state index in [1.807, 2.05) is 0 Å². The molecule has 1 aliphatic heterocycles. The number of piperidine rings is 1. The number of rotatable bonds is 4. The van der Waals surface area contributed by atoms with Gasteiger partial charge in [-0.1, -0.05) is 35.4 Å². The second-order valence-corrected chi connectivity index (χ2v) is 10.4. The smallest absolute Gasteiger partial charge is 0.257 e. The van der Waals surface area contributed by atoms with E-state index in [-0.39, 0.29) is 10.8 Å². The molecule has 2 heterocycles. The number of amides is 1. The van der Waals surface area contributed by atoms with E-state index in [0.717, 1.165) is 29.5 Å². The van der Waals surface area contributed by atoms with Crippen molar-refractivity contribution in [1.29, 1.82) is 0 Å². The van der Waals surface area contributed by atoms with Crippen LogP contribution >= 0.6 is 22.9 Å². The Morgan fingerprint density at radius 1 is 1.14 bits per heavy atom. The summed E-state index contributed by atoms with van der Waals surface area (Å²) in [6.45, 7) is 2.82. The molecule has 1 amide bonds. The molecule has 0 radical (unpaired) electrons. The van der Waals surface area contributed by atoms with Crippen molar-refractivity contribution in [3.8, 4) is 0 Å². The summed E-state index contributed by atoms with van der Waals surface area (Å²) in [4.78, 5) is 17.4. The van der Waals surface area contributed by atoms with Crippen LogP contribution in [-0.2, 0) is 10.0 Å². The first-order valence-corrected chi connectivity index (χ1v) is 12.0. The Bertz CT molecular complexity index is 1180. The fourth-order valence-electron chi connectivity index (χ4n) is 3.38. The van der Waals surface area contributed by atoms with Crippen molar-refractivity contribution in [2.24, 2.45) is 0 Å². The zero-order valence-corrected chi connectivity index (χ0v) is 18.2. The quantitative estimate of drug-likeness (QED) is 0.626. The maximum atomic E-state index is 13.0. The molecular formula is C20H20ClN3O3S2. The highest BCUT2D eigenvalue weighted by Gasteiger charge is 2.27. The van der Waals surface area contributed by atoms with Crippen molar-refractivity contribution in [1.82, 2.24) is 9.29 Å². The second-order valence-electron chi connectivity index (χ2n) is 7.03. The molecule has 0 atom stereocenters. The summed E-state index contributed by atoms with van der Waals surface area (Å²) in [5.41, 5.74) is 1.76. The Morgan fingerprint density at radius 2 is 1.90 bits per heavy atom. The molecule has 4 rings (SSSR count). The number of aromatic nitrogens is 1. The number of halogens is 1. The van der Waals surface area contributed by atoms with E-state index < -0.39 is 10.0 Å². The third kappa shape index (κ3) is 4.16. The van der Waals surface area contributed by atoms with Gasteiger partial charge in [-0.15, -0.1) is 0 Å². The monoisotopic (exact) mass is 449 g/mol. The van der Waals surface area contributed by atoms with Gasteiger partial charge in [-0.25, -0.2) is 13.4 Å². The maximum Gasteiger partial charge on any atom is 0.257 e. The highest BCUT2D eigenvalue weighted by atomic mass is 35.5. The molecule has 2 aromatic carbocycles. The average Bonchev–Trinajstić information content (AvgIpc) is 3.10. The van der Waals surface area contributed by atoms with Crippen LogP contribution in [0.2, 0.25) is 5.02 Å². The molecule has 1 fully saturated rings. The van der Waals surface area contributed by atoms with Crippen LogP contribution in [0.3, 0.4) is 0 Å². The first-order valence-electron chi connectivity index (χ1n) is 9.33. The largest absolute Gasteiger partial charge is 0.298 e. The van der Waals surface area contributed by atoms with Gasteiger partial charge in [-0.2, -0.15) is 4.31 Å². The van der Waals surface area contributed by atoms with E-state index >= 15 is 0 Å². The number of benzene rings is 2. The van der Waals surface area contributed by atoms with E-state index in [4.69, 9.17) is 11.6 Å². The normalized spacial score (nSPS) is 15.5. The molecule has 1 aliphatic rings. The van der Waals surface area contributed by atoms with Crippen LogP contribution in [0, 0.1) is 6.92 Å². The standard InChI is InChI=1S/C20H20ClN3O3S2/c1-13-5-7-15(29(26,27)24-9-3-2-4-10-24)12-16(13)19(25)23-20-22-17-8-6-14(21)11-18(17)28-20/h5-8,11-12H,2-4,9-10H2,1H3,(H,22,23,25). The number of nitrogens with zero attached hydrogens (tertiary/aromatic N) is 2. The van der Waals surface area contributed by atoms with Crippen molar-refractivity contribution in [3.05, 3.63) is 52.5 Å². The third-order valence-electron chi connectivity index (χ3n) is 4.98. The first kappa shape index (κ1) is 20.3. The van der Waals surface area contributed by atoms with E-state index in [2.05, 4.69) is 10.3 Å². The van der Waals surface area contributed by atoms with Crippen molar-refractivity contribution in [2.75, 3.05) is 18.4 Å². The summed E-state index contributed by atoms with van der Waals surface area (Å²) in [7, 11) is -3.61. The molecule has 1 N–H and O–H groups in total. The summed E-state index contributed by atoms with van der Waals surface area (Å²) >= 11 is 7.32. The summed E-state index contributed by atoms with van der Waals surface area (Å²) in [5.74, 6) is -0.386. The number of thiazole rings is 1. The lowest BCUT2D eigenvalue weighted by atomic mass is 10.1. The van der Waals surface area contributed by atoms with Gasteiger partial charge < -0.3 is 0 Å². The lowest BCUT2D eigenvalue weighted by Gasteiger charge is -2.26. The summed E-state index contributed by atoms with van der Waals surface area (Å²) in [6, 6.07) is 10.0. The number of aryl methyl sites for hydroxylation is 1. The van der Waals surface area contributed by atoms with Crippen LogP contribution in [0.5, 0.6) is 0 Å². The Kier molecular flexibility index (Phi) is 5.61. The van der Waals surface area contributed by atoms with E-state index in [9.17, 15) is 13.2 Å². The van der Waals surface area contributed by atoms with Crippen LogP contribution in [0.15, 0.2) is 41.3 Å². The van der Waals surface area contributed by atoms with Crippen LogP contribution in [0.1, 0.15) is 35.2 Å². The van der Waals surface area contributed by atoms with E-state index in [1.54, 1.807) is 37.3 Å². The molecule has 9 heteroatoms. The van der Waals surface area contributed by atoms with Crippen LogP contribution < -0.4 is 5.32 Å². The first-order chi connectivity index (χ1) is 13.8. The van der Waals surface area contributed by atoms with E-state index in [1.165, 1.54) is 21.7 Å². The van der Waals surface area contributed by atoms with Crippen LogP contribution in [0.4, 0.5) is 5.13 Å². The molecular weight excluding hydrogens is 430 g/mol. The summed E-state index contributed by atoms with van der Waals surface area (Å²) in [6.07, 6.45) is 2.76. The maximum absolute atomic E-state index is 13.0. The molecule has 0 aliphatic carbocycles. The highest BCUT2D eigenvalue weighted by Crippen LogP contribution is 2.29. The summed E-state index contributed by atoms with van der Waals surface area (Å²) in [5, 5.41) is 3.83. The van der Waals surface area contributed by atoms with Gasteiger partial charge in [0.2, 0.25) is 10.0 Å². The minimum absolute atomic E-state index is 0.145. The minimum Gasteiger partial charge on any atom is -0.298 e. The number of anilines is 1. The Labute approximate surface area is 178 Å². The number of carbonyl (C=O) groups excluding carboxylic acids is 1. The van der Waals surface area contributed by atoms with Gasteiger partial charge in [0.25, 0.3) is 5.91 Å². The number of fused-ring (bicyclic) bond motifs is 1. The number of sulfonamides is 1. The van der Waals surface area contributed by atoms with Gasteiger partial charge in [0.15, 0.2) is 5.13 Å². The highest BCUT2D eigenvalue weighted by molar-refractivity contribution is 7.89. The zero-order chi connectivity index (χ0) is 20.6. The molecule has 152 valence electrons. The number of hydrogen-bond donors (Lipinski definition) is 1. The number of carbonyl (C=O) groups is 1. The predicted molar refractivity (Wildman–Crippen MR) is 116 cm³/mol. The lowest BCUT2D eigenvalue weighted by molar-refractivity contribution is 0.102. The lowest BCUT2D eigenvalue weighted by Crippen LogP contribution is -2.35. The van der Waals surface area contributed by atoms with Gasteiger partial charge >= 0.3 is 0 Å².